The van der Waals surface area contributed by atoms with Crippen LogP contribution in [0.15, 0.2) is 53.4 Å². The number of aliphatic hydroxyl groups is 1. The van der Waals surface area contributed by atoms with Crippen LogP contribution in [0.1, 0.15) is 24.8 Å². The van der Waals surface area contributed by atoms with Crippen LogP contribution in [-0.4, -0.2) is 51.4 Å². The molecule has 2 aromatic rings. The summed E-state index contributed by atoms with van der Waals surface area (Å²) in [4.78, 5) is 12.3. The van der Waals surface area contributed by atoms with Gasteiger partial charge in [-0.3, -0.25) is 4.79 Å². The first kappa shape index (κ1) is 24.1. The molecule has 1 amide bonds. The number of hydrogen-bond donors (Lipinski definition) is 3. The van der Waals surface area contributed by atoms with Crippen molar-refractivity contribution in [2.45, 2.75) is 49.0 Å². The van der Waals surface area contributed by atoms with Crippen LogP contribution in [0.4, 0.5) is 4.39 Å². The fourth-order valence-electron chi connectivity index (χ4n) is 3.53. The minimum Gasteiger partial charge on any atom is -0.497 e. The minimum atomic E-state index is -3.85. The Morgan fingerprint density at radius 3 is 2.66 bits per heavy atom. The van der Waals surface area contributed by atoms with Crippen LogP contribution in [0.25, 0.3) is 0 Å². The summed E-state index contributed by atoms with van der Waals surface area (Å²) in [5.41, 5.74) is 0.768. The molecular weight excluding hydrogens is 439 g/mol. The first-order chi connectivity index (χ1) is 15.3. The number of carbonyl (C=O) groups excluding carboxylic acids is 1. The van der Waals surface area contributed by atoms with Crippen molar-refractivity contribution in [3.8, 4) is 5.75 Å². The van der Waals surface area contributed by atoms with E-state index in [1.54, 1.807) is 24.3 Å². The van der Waals surface area contributed by atoms with Gasteiger partial charge in [-0.2, -0.15) is 0 Å². The molecule has 1 fully saturated rings. The number of rotatable bonds is 9. The number of sulfonamides is 1. The molecule has 1 aliphatic rings. The van der Waals surface area contributed by atoms with Crippen molar-refractivity contribution < 1.29 is 32.2 Å². The highest BCUT2D eigenvalue weighted by atomic mass is 32.2. The number of hydrogen-bond acceptors (Lipinski definition) is 6. The van der Waals surface area contributed by atoms with Gasteiger partial charge < -0.3 is 19.9 Å². The van der Waals surface area contributed by atoms with E-state index in [1.807, 2.05) is 0 Å². The summed E-state index contributed by atoms with van der Waals surface area (Å²) in [5, 5.41) is 12.5. The summed E-state index contributed by atoms with van der Waals surface area (Å²) in [7, 11) is -2.40. The van der Waals surface area contributed by atoms with E-state index in [0.29, 0.717) is 18.6 Å². The Balaban J connectivity index is 1.53. The van der Waals surface area contributed by atoms with Crippen molar-refractivity contribution in [1.82, 2.24) is 10.0 Å². The van der Waals surface area contributed by atoms with E-state index >= 15 is 0 Å². The lowest BCUT2D eigenvalue weighted by Gasteiger charge is -2.35. The standard InChI is InChI=1S/C22H27FN2O6S/c1-30-17-3-2-4-19(11-17)32(28,29)25-20-10-9-18(31-21(20)14-26)12-22(27)24-13-15-5-7-16(23)8-6-15/h2-8,11,18,20-21,25-26H,9-10,12-14H2,1H3,(H,24,27)/t18-,20-,21+/m1/s1. The van der Waals surface area contributed by atoms with Crippen LogP contribution < -0.4 is 14.8 Å². The van der Waals surface area contributed by atoms with Crippen LogP contribution >= 0.6 is 0 Å². The van der Waals surface area contributed by atoms with E-state index in [-0.39, 0.29) is 36.2 Å². The molecule has 0 bridgehead atoms. The molecule has 1 heterocycles. The van der Waals surface area contributed by atoms with Gasteiger partial charge in [0, 0.05) is 12.6 Å². The largest absolute Gasteiger partial charge is 0.497 e. The van der Waals surface area contributed by atoms with Gasteiger partial charge in [0.15, 0.2) is 0 Å². The number of benzene rings is 2. The molecule has 3 rings (SSSR count). The van der Waals surface area contributed by atoms with Crippen molar-refractivity contribution in [2.75, 3.05) is 13.7 Å². The van der Waals surface area contributed by atoms with Gasteiger partial charge in [-0.1, -0.05) is 18.2 Å². The van der Waals surface area contributed by atoms with Crippen molar-refractivity contribution in [2.24, 2.45) is 0 Å². The SMILES string of the molecule is COc1cccc(S(=O)(=O)N[C@@H]2CC[C@H](CC(=O)NCc3ccc(F)cc3)O[C@H]2CO)c1. The highest BCUT2D eigenvalue weighted by molar-refractivity contribution is 7.89. The maximum atomic E-state index is 13.0. The lowest BCUT2D eigenvalue weighted by atomic mass is 9.98. The minimum absolute atomic E-state index is 0.0517. The molecular formula is C22H27FN2O6S. The highest BCUT2D eigenvalue weighted by Gasteiger charge is 2.34. The predicted molar refractivity (Wildman–Crippen MR) is 115 cm³/mol. The molecule has 32 heavy (non-hydrogen) atoms. The summed E-state index contributed by atoms with van der Waals surface area (Å²) in [6.45, 7) is -0.128. The van der Waals surface area contributed by atoms with Crippen LogP contribution in [-0.2, 0) is 26.1 Å². The van der Waals surface area contributed by atoms with Crippen molar-refractivity contribution >= 4 is 15.9 Å². The summed E-state index contributed by atoms with van der Waals surface area (Å²) in [6.07, 6.45) is -0.291. The number of aliphatic hydroxyl groups excluding tert-OH is 1. The molecule has 3 N–H and O–H groups in total. The molecule has 0 spiro atoms. The Kier molecular flexibility index (Phi) is 8.19. The number of nitrogens with one attached hydrogen (secondary N) is 2. The molecule has 1 aliphatic heterocycles. The molecule has 0 aliphatic carbocycles. The number of halogens is 1. The lowest BCUT2D eigenvalue weighted by molar-refractivity contribution is -0.130. The Bertz CT molecular complexity index is 1020. The quantitative estimate of drug-likeness (QED) is 0.519. The van der Waals surface area contributed by atoms with Gasteiger partial charge in [0.05, 0.1) is 43.3 Å². The molecule has 0 saturated carbocycles. The van der Waals surface area contributed by atoms with E-state index in [2.05, 4.69) is 10.0 Å². The summed E-state index contributed by atoms with van der Waals surface area (Å²) in [5.74, 6) is -0.174. The molecule has 2 aromatic carbocycles. The molecule has 3 atom stereocenters. The van der Waals surface area contributed by atoms with Gasteiger partial charge in [-0.05, 0) is 42.7 Å². The third-order valence-corrected chi connectivity index (χ3v) is 6.76. The van der Waals surface area contributed by atoms with Crippen LogP contribution in [0, 0.1) is 5.82 Å². The Hall–Kier alpha value is -2.53. The first-order valence-corrected chi connectivity index (χ1v) is 11.7. The second-order valence-electron chi connectivity index (χ2n) is 7.57. The molecule has 0 aromatic heterocycles. The van der Waals surface area contributed by atoms with Gasteiger partial charge in [-0.15, -0.1) is 0 Å². The Morgan fingerprint density at radius 1 is 1.22 bits per heavy atom. The van der Waals surface area contributed by atoms with E-state index in [4.69, 9.17) is 9.47 Å². The fourth-order valence-corrected chi connectivity index (χ4v) is 4.87. The smallest absolute Gasteiger partial charge is 0.241 e. The average molecular weight is 467 g/mol. The Labute approximate surface area is 186 Å². The third-order valence-electron chi connectivity index (χ3n) is 5.27. The van der Waals surface area contributed by atoms with E-state index in [1.165, 1.54) is 31.4 Å². The van der Waals surface area contributed by atoms with Gasteiger partial charge in [0.25, 0.3) is 0 Å². The van der Waals surface area contributed by atoms with E-state index < -0.39 is 28.3 Å². The number of ether oxygens (including phenoxy) is 2. The van der Waals surface area contributed by atoms with Crippen molar-refractivity contribution in [1.29, 1.82) is 0 Å². The molecule has 174 valence electrons. The normalized spacial score (nSPS) is 21.2. The first-order valence-electron chi connectivity index (χ1n) is 10.2. The summed E-state index contributed by atoms with van der Waals surface area (Å²) in [6, 6.07) is 11.3. The monoisotopic (exact) mass is 466 g/mol. The maximum Gasteiger partial charge on any atom is 0.241 e. The van der Waals surface area contributed by atoms with Gasteiger partial charge in [0.1, 0.15) is 11.6 Å². The van der Waals surface area contributed by atoms with Crippen LogP contribution in [0.2, 0.25) is 0 Å². The van der Waals surface area contributed by atoms with Crippen molar-refractivity contribution in [3.05, 3.63) is 59.9 Å². The predicted octanol–water partition coefficient (Wildman–Crippen LogP) is 1.73. The number of methoxy groups -OCH3 is 1. The summed E-state index contributed by atoms with van der Waals surface area (Å²) < 4.78 is 51.9. The molecule has 10 heteroatoms. The third kappa shape index (κ3) is 6.49. The zero-order valence-electron chi connectivity index (χ0n) is 17.7. The lowest BCUT2D eigenvalue weighted by Crippen LogP contribution is -2.51. The zero-order chi connectivity index (χ0) is 23.1. The number of carbonyl (C=O) groups is 1. The second kappa shape index (κ2) is 10.9. The molecule has 1 saturated heterocycles. The topological polar surface area (TPSA) is 114 Å². The Morgan fingerprint density at radius 2 is 1.97 bits per heavy atom. The highest BCUT2D eigenvalue weighted by Crippen LogP contribution is 2.24. The van der Waals surface area contributed by atoms with Gasteiger partial charge in [-0.25, -0.2) is 17.5 Å². The summed E-state index contributed by atoms with van der Waals surface area (Å²) >= 11 is 0. The van der Waals surface area contributed by atoms with Gasteiger partial charge in [0.2, 0.25) is 15.9 Å². The van der Waals surface area contributed by atoms with Crippen molar-refractivity contribution in [3.63, 3.8) is 0 Å². The molecule has 0 unspecified atom stereocenters. The fraction of sp³-hybridized carbons (Fsp3) is 0.409. The van der Waals surface area contributed by atoms with E-state index in [9.17, 15) is 22.7 Å². The average Bonchev–Trinajstić information content (AvgIpc) is 2.79. The van der Waals surface area contributed by atoms with Crippen LogP contribution in [0.5, 0.6) is 5.75 Å². The molecule has 8 nitrogen and oxygen atoms in total. The molecule has 0 radical (unpaired) electrons. The van der Waals surface area contributed by atoms with E-state index in [0.717, 1.165) is 5.56 Å². The van der Waals surface area contributed by atoms with Crippen LogP contribution in [0.3, 0.4) is 0 Å². The number of amides is 1. The van der Waals surface area contributed by atoms with Gasteiger partial charge >= 0.3 is 0 Å². The second-order valence-corrected chi connectivity index (χ2v) is 9.28. The maximum absolute atomic E-state index is 13.0. The zero-order valence-corrected chi connectivity index (χ0v) is 18.5.